The molecule has 5 rings (SSSR count). The second kappa shape index (κ2) is 7.68. The fraction of sp³-hybridized carbons (Fsp3) is 0.455. The first-order valence-electron chi connectivity index (χ1n) is 10.5. The Kier molecular flexibility index (Phi) is 4.86. The predicted octanol–water partition coefficient (Wildman–Crippen LogP) is 1.82. The van der Waals surface area contributed by atoms with Crippen molar-refractivity contribution < 1.29 is 18.9 Å². The van der Waals surface area contributed by atoms with Crippen molar-refractivity contribution in [1.29, 1.82) is 0 Å². The zero-order valence-electron chi connectivity index (χ0n) is 16.7. The minimum atomic E-state index is -0.568. The Morgan fingerprint density at radius 2 is 1.93 bits per heavy atom. The molecule has 1 aromatic carbocycles. The van der Waals surface area contributed by atoms with Gasteiger partial charge in [-0.25, -0.2) is 0 Å². The van der Waals surface area contributed by atoms with Gasteiger partial charge in [0.1, 0.15) is 12.3 Å². The Hall–Kier alpha value is -3.00. The van der Waals surface area contributed by atoms with E-state index in [0.717, 1.165) is 43.7 Å². The minimum Gasteiger partial charge on any atom is -0.365 e. The van der Waals surface area contributed by atoms with Crippen molar-refractivity contribution in [2.45, 2.75) is 50.7 Å². The van der Waals surface area contributed by atoms with Gasteiger partial charge in [0.05, 0.1) is 5.69 Å². The molecule has 4 heterocycles. The highest BCUT2D eigenvalue weighted by Crippen LogP contribution is 2.30. The number of nitrogens with one attached hydrogen (secondary N) is 1. The first kappa shape index (κ1) is 19.0. The summed E-state index contributed by atoms with van der Waals surface area (Å²) < 4.78 is 4.97. The Morgan fingerprint density at radius 1 is 1.10 bits per heavy atom. The Balaban J connectivity index is 1.23. The van der Waals surface area contributed by atoms with Crippen LogP contribution in [0, 0.1) is 0 Å². The SMILES string of the molecule is O=C1CCC(N2Cc3cc(CN4CCC(c5ccon5)CC4)ccc3C2=O)C(=O)N1. The highest BCUT2D eigenvalue weighted by molar-refractivity contribution is 6.05. The van der Waals surface area contributed by atoms with Crippen molar-refractivity contribution >= 4 is 17.7 Å². The third kappa shape index (κ3) is 3.52. The Bertz CT molecular complexity index is 979. The summed E-state index contributed by atoms with van der Waals surface area (Å²) in [4.78, 5) is 40.4. The zero-order chi connectivity index (χ0) is 20.7. The second-order valence-corrected chi connectivity index (χ2v) is 8.37. The monoisotopic (exact) mass is 408 g/mol. The average Bonchev–Trinajstić information content (AvgIpc) is 3.37. The van der Waals surface area contributed by atoms with E-state index in [1.165, 1.54) is 5.56 Å². The average molecular weight is 408 g/mol. The van der Waals surface area contributed by atoms with Gasteiger partial charge in [0.2, 0.25) is 11.8 Å². The van der Waals surface area contributed by atoms with Crippen LogP contribution in [-0.2, 0) is 22.7 Å². The first-order valence-corrected chi connectivity index (χ1v) is 10.5. The Morgan fingerprint density at radius 3 is 2.67 bits per heavy atom. The van der Waals surface area contributed by atoms with Crippen LogP contribution < -0.4 is 5.32 Å². The number of imide groups is 1. The number of amides is 3. The van der Waals surface area contributed by atoms with Crippen molar-refractivity contribution in [2.75, 3.05) is 13.1 Å². The number of fused-ring (bicyclic) bond motifs is 1. The quantitative estimate of drug-likeness (QED) is 0.776. The highest BCUT2D eigenvalue weighted by Gasteiger charge is 2.39. The lowest BCUT2D eigenvalue weighted by atomic mass is 9.93. The molecule has 0 bridgehead atoms. The van der Waals surface area contributed by atoms with E-state index in [1.54, 1.807) is 11.2 Å². The van der Waals surface area contributed by atoms with Crippen LogP contribution in [0.25, 0.3) is 0 Å². The summed E-state index contributed by atoms with van der Waals surface area (Å²) >= 11 is 0. The fourth-order valence-corrected chi connectivity index (χ4v) is 4.80. The summed E-state index contributed by atoms with van der Waals surface area (Å²) in [5, 5.41) is 6.42. The molecule has 0 aliphatic carbocycles. The maximum atomic E-state index is 12.8. The molecule has 2 saturated heterocycles. The molecule has 0 saturated carbocycles. The van der Waals surface area contributed by atoms with Gasteiger partial charge in [-0.3, -0.25) is 24.6 Å². The lowest BCUT2D eigenvalue weighted by Crippen LogP contribution is -2.52. The number of aromatic nitrogens is 1. The maximum Gasteiger partial charge on any atom is 0.255 e. The van der Waals surface area contributed by atoms with Gasteiger partial charge in [0, 0.05) is 37.1 Å². The van der Waals surface area contributed by atoms with E-state index >= 15 is 0 Å². The molecule has 8 heteroatoms. The second-order valence-electron chi connectivity index (χ2n) is 8.37. The molecule has 156 valence electrons. The number of piperidine rings is 2. The molecule has 1 aromatic heterocycles. The topological polar surface area (TPSA) is 95.8 Å². The molecule has 0 radical (unpaired) electrons. The molecule has 30 heavy (non-hydrogen) atoms. The van der Waals surface area contributed by atoms with Gasteiger partial charge in [0.25, 0.3) is 5.91 Å². The van der Waals surface area contributed by atoms with E-state index in [4.69, 9.17) is 4.52 Å². The molecular formula is C22H24N4O4. The number of carbonyl (C=O) groups excluding carboxylic acids is 3. The zero-order valence-corrected chi connectivity index (χ0v) is 16.7. The number of rotatable bonds is 4. The minimum absolute atomic E-state index is 0.125. The lowest BCUT2D eigenvalue weighted by Gasteiger charge is -2.31. The summed E-state index contributed by atoms with van der Waals surface area (Å²) in [7, 11) is 0. The van der Waals surface area contributed by atoms with Gasteiger partial charge >= 0.3 is 0 Å². The van der Waals surface area contributed by atoms with Crippen LogP contribution in [0.5, 0.6) is 0 Å². The van der Waals surface area contributed by atoms with E-state index in [-0.39, 0.29) is 24.1 Å². The van der Waals surface area contributed by atoms with Crippen molar-refractivity contribution in [1.82, 2.24) is 20.3 Å². The van der Waals surface area contributed by atoms with E-state index in [2.05, 4.69) is 21.4 Å². The van der Waals surface area contributed by atoms with Gasteiger partial charge in [-0.2, -0.15) is 0 Å². The molecule has 3 aliphatic rings. The smallest absolute Gasteiger partial charge is 0.255 e. The summed E-state index contributed by atoms with van der Waals surface area (Å²) in [5.74, 6) is -0.308. The van der Waals surface area contributed by atoms with E-state index in [1.807, 2.05) is 18.2 Å². The third-order valence-electron chi connectivity index (χ3n) is 6.46. The lowest BCUT2D eigenvalue weighted by molar-refractivity contribution is -0.136. The van der Waals surface area contributed by atoms with Crippen LogP contribution in [0.2, 0.25) is 0 Å². The van der Waals surface area contributed by atoms with Gasteiger partial charge in [0.15, 0.2) is 0 Å². The number of carbonyl (C=O) groups is 3. The van der Waals surface area contributed by atoms with Crippen LogP contribution >= 0.6 is 0 Å². The highest BCUT2D eigenvalue weighted by atomic mass is 16.5. The van der Waals surface area contributed by atoms with Gasteiger partial charge in [-0.1, -0.05) is 17.3 Å². The van der Waals surface area contributed by atoms with Crippen LogP contribution in [0.4, 0.5) is 0 Å². The van der Waals surface area contributed by atoms with Crippen molar-refractivity contribution in [3.05, 3.63) is 52.9 Å². The van der Waals surface area contributed by atoms with Crippen molar-refractivity contribution in [3.8, 4) is 0 Å². The molecule has 2 fully saturated rings. The maximum absolute atomic E-state index is 12.8. The van der Waals surface area contributed by atoms with Crippen LogP contribution in [-0.4, -0.2) is 51.8 Å². The number of benzene rings is 1. The fourth-order valence-electron chi connectivity index (χ4n) is 4.80. The molecule has 1 unspecified atom stereocenters. The largest absolute Gasteiger partial charge is 0.365 e. The van der Waals surface area contributed by atoms with Gasteiger partial charge < -0.3 is 9.42 Å². The number of hydrogen-bond donors (Lipinski definition) is 1. The summed E-state index contributed by atoms with van der Waals surface area (Å²) in [5.41, 5.74) is 3.83. The molecule has 3 aliphatic heterocycles. The van der Waals surface area contributed by atoms with Crippen LogP contribution in [0.3, 0.4) is 0 Å². The molecule has 3 amide bonds. The Labute approximate surface area is 174 Å². The van der Waals surface area contributed by atoms with Crippen molar-refractivity contribution in [2.24, 2.45) is 0 Å². The normalized spacial score (nSPS) is 23.0. The summed E-state index contributed by atoms with van der Waals surface area (Å²) in [6.45, 7) is 3.25. The number of hydrogen-bond acceptors (Lipinski definition) is 6. The van der Waals surface area contributed by atoms with Crippen LogP contribution in [0.15, 0.2) is 35.1 Å². The molecular weight excluding hydrogens is 384 g/mol. The van der Waals surface area contributed by atoms with Gasteiger partial charge in [-0.15, -0.1) is 0 Å². The van der Waals surface area contributed by atoms with Crippen LogP contribution in [0.1, 0.15) is 58.8 Å². The molecule has 2 aromatic rings. The molecule has 0 spiro atoms. The van der Waals surface area contributed by atoms with E-state index in [9.17, 15) is 14.4 Å². The summed E-state index contributed by atoms with van der Waals surface area (Å²) in [6, 6.07) is 7.35. The third-order valence-corrected chi connectivity index (χ3v) is 6.46. The standard InChI is InChI=1S/C22H24N4O4/c27-20-4-3-19(21(28)23-20)26-13-16-11-14(1-2-17(16)22(26)29)12-25-8-5-15(6-9-25)18-7-10-30-24-18/h1-2,7,10-11,15,19H,3-6,8-9,12-13H2,(H,23,27,28). The van der Waals surface area contributed by atoms with E-state index in [0.29, 0.717) is 24.4 Å². The molecule has 1 N–H and O–H groups in total. The molecule has 1 atom stereocenters. The molecule has 8 nitrogen and oxygen atoms in total. The number of nitrogens with zero attached hydrogens (tertiary/aromatic N) is 3. The first-order chi connectivity index (χ1) is 14.6. The van der Waals surface area contributed by atoms with E-state index < -0.39 is 6.04 Å². The van der Waals surface area contributed by atoms with Gasteiger partial charge in [-0.05, 0) is 49.5 Å². The predicted molar refractivity (Wildman–Crippen MR) is 106 cm³/mol. The number of likely N-dealkylation sites (tertiary alicyclic amines) is 1. The van der Waals surface area contributed by atoms with Crippen molar-refractivity contribution in [3.63, 3.8) is 0 Å². The summed E-state index contributed by atoms with van der Waals surface area (Å²) in [6.07, 6.45) is 4.40.